The van der Waals surface area contributed by atoms with Crippen LogP contribution < -0.4 is 15.4 Å². The molecule has 1 aliphatic heterocycles. The number of anilines is 1. The minimum absolute atomic E-state index is 0.168. The van der Waals surface area contributed by atoms with Crippen LogP contribution in [0.15, 0.2) is 12.1 Å². The highest BCUT2D eigenvalue weighted by molar-refractivity contribution is 6.37. The zero-order valence-electron chi connectivity index (χ0n) is 13.6. The van der Waals surface area contributed by atoms with Crippen molar-refractivity contribution in [3.63, 3.8) is 0 Å². The highest BCUT2D eigenvalue weighted by Crippen LogP contribution is 2.40. The standard InChI is InChI=1S/C14H13Cl2F4N3O4/c1-6(11(21)24)22-4-26-5-23(13(22)25)9-3-10(8(16)2-7(9)15)27-14(19,20)12(17)18/h2-3,6,12H,4-5H2,1H3,(H2,21,24)/t6-/m0/s1. The number of benzene rings is 1. The van der Waals surface area contributed by atoms with Crippen molar-refractivity contribution >= 4 is 40.8 Å². The van der Waals surface area contributed by atoms with Crippen LogP contribution in [0.1, 0.15) is 6.92 Å². The van der Waals surface area contributed by atoms with Crippen LogP contribution in [0.5, 0.6) is 5.75 Å². The van der Waals surface area contributed by atoms with Gasteiger partial charge in [0.1, 0.15) is 25.3 Å². The molecule has 1 fully saturated rings. The number of ether oxygens (including phenoxy) is 2. The van der Waals surface area contributed by atoms with Crippen LogP contribution in [0.2, 0.25) is 10.0 Å². The van der Waals surface area contributed by atoms with Gasteiger partial charge in [0, 0.05) is 6.07 Å². The molecule has 1 saturated heterocycles. The minimum Gasteiger partial charge on any atom is -0.427 e. The second kappa shape index (κ2) is 7.95. The molecular formula is C14H13Cl2F4N3O4. The van der Waals surface area contributed by atoms with E-state index in [4.69, 9.17) is 33.7 Å². The van der Waals surface area contributed by atoms with Crippen molar-refractivity contribution in [3.05, 3.63) is 22.2 Å². The maximum atomic E-state index is 13.2. The topological polar surface area (TPSA) is 85.1 Å². The van der Waals surface area contributed by atoms with E-state index in [0.717, 1.165) is 21.9 Å². The number of hydrogen-bond acceptors (Lipinski definition) is 4. The zero-order valence-corrected chi connectivity index (χ0v) is 15.1. The van der Waals surface area contributed by atoms with Gasteiger partial charge in [0.2, 0.25) is 5.91 Å². The van der Waals surface area contributed by atoms with E-state index in [1.54, 1.807) is 0 Å². The molecule has 1 aromatic carbocycles. The fourth-order valence-electron chi connectivity index (χ4n) is 2.09. The molecule has 0 aromatic heterocycles. The van der Waals surface area contributed by atoms with Gasteiger partial charge in [-0.1, -0.05) is 23.2 Å². The molecule has 0 saturated carbocycles. The summed E-state index contributed by atoms with van der Waals surface area (Å²) in [5.41, 5.74) is 4.96. The molecule has 3 amide bonds. The van der Waals surface area contributed by atoms with Crippen molar-refractivity contribution in [2.45, 2.75) is 25.5 Å². The van der Waals surface area contributed by atoms with Crippen LogP contribution in [0, 0.1) is 0 Å². The van der Waals surface area contributed by atoms with E-state index in [9.17, 15) is 27.2 Å². The number of carbonyl (C=O) groups is 2. The Morgan fingerprint density at radius 2 is 1.93 bits per heavy atom. The van der Waals surface area contributed by atoms with E-state index in [1.807, 2.05) is 0 Å². The summed E-state index contributed by atoms with van der Waals surface area (Å²) in [5, 5.41) is -0.643. The predicted octanol–water partition coefficient (Wildman–Crippen LogP) is 3.28. The first-order chi connectivity index (χ1) is 12.5. The third-order valence-electron chi connectivity index (χ3n) is 3.60. The first kappa shape index (κ1) is 21.3. The van der Waals surface area contributed by atoms with Crippen molar-refractivity contribution < 1.29 is 36.6 Å². The number of urea groups is 1. The maximum absolute atomic E-state index is 13.2. The SMILES string of the molecule is C[C@@H](C(N)=O)N1COCN(c2cc(OC(F)(F)C(F)F)c(Cl)cc2Cl)C1=O. The van der Waals surface area contributed by atoms with Crippen molar-refractivity contribution in [1.82, 2.24) is 4.90 Å². The molecule has 7 nitrogen and oxygen atoms in total. The fourth-order valence-corrected chi connectivity index (χ4v) is 2.62. The lowest BCUT2D eigenvalue weighted by Gasteiger charge is -2.37. The highest BCUT2D eigenvalue weighted by atomic mass is 35.5. The Morgan fingerprint density at radius 1 is 1.30 bits per heavy atom. The van der Waals surface area contributed by atoms with Crippen LogP contribution in [0.3, 0.4) is 0 Å². The predicted molar refractivity (Wildman–Crippen MR) is 87.2 cm³/mol. The molecule has 0 radical (unpaired) electrons. The number of rotatable bonds is 6. The third kappa shape index (κ3) is 4.47. The lowest BCUT2D eigenvalue weighted by atomic mass is 10.2. The number of carbonyl (C=O) groups excluding carboxylic acids is 2. The summed E-state index contributed by atoms with van der Waals surface area (Å²) in [4.78, 5) is 25.7. The molecule has 2 rings (SSSR count). The van der Waals surface area contributed by atoms with Crippen molar-refractivity contribution in [2.75, 3.05) is 18.4 Å². The van der Waals surface area contributed by atoms with E-state index >= 15 is 0 Å². The van der Waals surface area contributed by atoms with Crippen molar-refractivity contribution in [1.29, 1.82) is 0 Å². The maximum Gasteiger partial charge on any atom is 0.461 e. The summed E-state index contributed by atoms with van der Waals surface area (Å²) in [6, 6.07) is -0.0756. The molecule has 1 aromatic rings. The smallest absolute Gasteiger partial charge is 0.427 e. The number of halogens is 6. The van der Waals surface area contributed by atoms with E-state index < -0.39 is 41.3 Å². The van der Waals surface area contributed by atoms with Crippen molar-refractivity contribution in [3.8, 4) is 5.75 Å². The normalized spacial score (nSPS) is 16.7. The number of nitrogens with zero attached hydrogens (tertiary/aromatic N) is 2. The number of primary amides is 1. The van der Waals surface area contributed by atoms with Crippen LogP contribution in [-0.2, 0) is 9.53 Å². The van der Waals surface area contributed by atoms with Gasteiger partial charge in [-0.05, 0) is 13.0 Å². The van der Waals surface area contributed by atoms with Gasteiger partial charge in [0.25, 0.3) is 0 Å². The Morgan fingerprint density at radius 3 is 2.48 bits per heavy atom. The summed E-state index contributed by atoms with van der Waals surface area (Å²) in [6.07, 6.45) is -8.93. The van der Waals surface area contributed by atoms with Crippen LogP contribution >= 0.6 is 23.2 Å². The quantitative estimate of drug-likeness (QED) is 0.697. The minimum atomic E-state index is -4.82. The van der Waals surface area contributed by atoms with E-state index in [0.29, 0.717) is 0 Å². The molecule has 1 atom stereocenters. The van der Waals surface area contributed by atoms with Crippen molar-refractivity contribution in [2.24, 2.45) is 5.73 Å². The monoisotopic (exact) mass is 433 g/mol. The average molecular weight is 434 g/mol. The molecule has 0 bridgehead atoms. The number of alkyl halides is 4. The first-order valence-corrected chi connectivity index (χ1v) is 8.00. The van der Waals surface area contributed by atoms with Gasteiger partial charge in [-0.2, -0.15) is 17.6 Å². The summed E-state index contributed by atoms with van der Waals surface area (Å²) in [7, 11) is 0. The lowest BCUT2D eigenvalue weighted by Crippen LogP contribution is -2.57. The van der Waals surface area contributed by atoms with Gasteiger partial charge >= 0.3 is 18.6 Å². The molecule has 1 heterocycles. The van der Waals surface area contributed by atoms with Gasteiger partial charge in [-0.3, -0.25) is 14.6 Å². The Kier molecular flexibility index (Phi) is 6.28. The molecule has 0 aliphatic carbocycles. The Bertz CT molecular complexity index is 753. The summed E-state index contributed by atoms with van der Waals surface area (Å²) >= 11 is 11.7. The zero-order chi connectivity index (χ0) is 20.5. The van der Waals surface area contributed by atoms with Gasteiger partial charge in [-0.15, -0.1) is 0 Å². The number of amides is 3. The van der Waals surface area contributed by atoms with E-state index in [1.165, 1.54) is 6.92 Å². The van der Waals surface area contributed by atoms with Gasteiger partial charge in [0.15, 0.2) is 0 Å². The molecule has 27 heavy (non-hydrogen) atoms. The molecule has 0 spiro atoms. The summed E-state index contributed by atoms with van der Waals surface area (Å²) in [6.45, 7) is 0.749. The summed E-state index contributed by atoms with van der Waals surface area (Å²) in [5.74, 6) is -1.63. The Balaban J connectivity index is 2.38. The molecule has 1 aliphatic rings. The molecule has 0 unspecified atom stereocenters. The number of hydrogen-bond donors (Lipinski definition) is 1. The van der Waals surface area contributed by atoms with Crippen LogP contribution in [0.25, 0.3) is 0 Å². The second-order valence-electron chi connectivity index (χ2n) is 5.42. The third-order valence-corrected chi connectivity index (χ3v) is 4.20. The Labute approximate surface area is 160 Å². The van der Waals surface area contributed by atoms with E-state index in [-0.39, 0.29) is 24.2 Å². The second-order valence-corrected chi connectivity index (χ2v) is 6.23. The van der Waals surface area contributed by atoms with Gasteiger partial charge in [0.05, 0.1) is 15.7 Å². The fraction of sp³-hybridized carbons (Fsp3) is 0.429. The van der Waals surface area contributed by atoms with Crippen LogP contribution in [0.4, 0.5) is 28.0 Å². The first-order valence-electron chi connectivity index (χ1n) is 7.25. The molecule has 2 N–H and O–H groups in total. The van der Waals surface area contributed by atoms with E-state index in [2.05, 4.69) is 4.74 Å². The molecular weight excluding hydrogens is 421 g/mol. The summed E-state index contributed by atoms with van der Waals surface area (Å²) < 4.78 is 60.3. The van der Waals surface area contributed by atoms with Gasteiger partial charge < -0.3 is 15.2 Å². The average Bonchev–Trinajstić information content (AvgIpc) is 2.57. The highest BCUT2D eigenvalue weighted by Gasteiger charge is 2.44. The van der Waals surface area contributed by atoms with Crippen LogP contribution in [-0.4, -0.2) is 48.9 Å². The molecule has 13 heteroatoms. The Hall–Kier alpha value is -1.98. The number of nitrogens with two attached hydrogens (primary N) is 1. The largest absolute Gasteiger partial charge is 0.461 e. The molecule has 150 valence electrons. The lowest BCUT2D eigenvalue weighted by molar-refractivity contribution is -0.253. The van der Waals surface area contributed by atoms with Gasteiger partial charge in [-0.25, -0.2) is 4.79 Å².